The summed E-state index contributed by atoms with van der Waals surface area (Å²) in [4.78, 5) is 2.46. The molecular weight excluding hydrogens is 214 g/mol. The van der Waals surface area contributed by atoms with Crippen molar-refractivity contribution >= 4 is 0 Å². The molecule has 0 aliphatic carbocycles. The number of hydrogen-bond acceptors (Lipinski definition) is 3. The highest BCUT2D eigenvalue weighted by Gasteiger charge is 2.28. The number of likely N-dealkylation sites (tertiary alicyclic amines) is 1. The third kappa shape index (κ3) is 4.94. The lowest BCUT2D eigenvalue weighted by molar-refractivity contribution is -0.0171. The Morgan fingerprint density at radius 3 is 2.76 bits per heavy atom. The van der Waals surface area contributed by atoms with Crippen LogP contribution in [-0.2, 0) is 4.74 Å². The maximum absolute atomic E-state index is 9.47. The van der Waals surface area contributed by atoms with E-state index in [2.05, 4.69) is 25.7 Å². The Morgan fingerprint density at radius 2 is 2.18 bits per heavy atom. The van der Waals surface area contributed by atoms with Crippen LogP contribution < -0.4 is 0 Å². The Bertz CT molecular complexity index is 204. The normalized spacial score (nSPS) is 25.8. The fraction of sp³-hybridized carbons (Fsp3) is 1.00. The molecule has 1 N–H and O–H groups in total. The van der Waals surface area contributed by atoms with E-state index >= 15 is 0 Å². The minimum Gasteiger partial charge on any atom is -0.396 e. The van der Waals surface area contributed by atoms with Gasteiger partial charge < -0.3 is 14.7 Å². The molecule has 1 fully saturated rings. The molecule has 2 atom stereocenters. The molecule has 1 aliphatic rings. The standard InChI is InChI=1S/C14H29NO2/c1-4-9-17-13-7-6-8-15(10-13)11-14(3,5-2)12-16/h13,16H,4-12H2,1-3H3. The molecule has 0 spiro atoms. The quantitative estimate of drug-likeness (QED) is 0.744. The van der Waals surface area contributed by atoms with Crippen molar-refractivity contribution in [3.05, 3.63) is 0 Å². The van der Waals surface area contributed by atoms with E-state index in [4.69, 9.17) is 4.74 Å². The molecule has 17 heavy (non-hydrogen) atoms. The van der Waals surface area contributed by atoms with Crippen LogP contribution in [0, 0.1) is 5.41 Å². The lowest BCUT2D eigenvalue weighted by atomic mass is 9.87. The Morgan fingerprint density at radius 1 is 1.41 bits per heavy atom. The second-order valence-electron chi connectivity index (χ2n) is 5.69. The summed E-state index contributed by atoms with van der Waals surface area (Å²) in [5.74, 6) is 0. The van der Waals surface area contributed by atoms with E-state index in [0.717, 1.165) is 39.1 Å². The zero-order valence-electron chi connectivity index (χ0n) is 11.7. The topological polar surface area (TPSA) is 32.7 Å². The van der Waals surface area contributed by atoms with Gasteiger partial charge in [0.1, 0.15) is 0 Å². The predicted octanol–water partition coefficient (Wildman–Crippen LogP) is 2.29. The van der Waals surface area contributed by atoms with Crippen molar-refractivity contribution in [3.63, 3.8) is 0 Å². The monoisotopic (exact) mass is 243 g/mol. The molecule has 0 amide bonds. The van der Waals surface area contributed by atoms with Crippen LogP contribution in [0.15, 0.2) is 0 Å². The molecule has 1 saturated heterocycles. The van der Waals surface area contributed by atoms with Gasteiger partial charge in [-0.05, 0) is 32.2 Å². The van der Waals surface area contributed by atoms with Crippen LogP contribution >= 0.6 is 0 Å². The van der Waals surface area contributed by atoms with Gasteiger partial charge in [0, 0.05) is 31.7 Å². The summed E-state index contributed by atoms with van der Waals surface area (Å²) in [6.45, 7) is 10.8. The van der Waals surface area contributed by atoms with Crippen LogP contribution in [0.25, 0.3) is 0 Å². The summed E-state index contributed by atoms with van der Waals surface area (Å²) in [5.41, 5.74) is 0.0483. The van der Waals surface area contributed by atoms with E-state index in [1.807, 2.05) is 0 Å². The highest BCUT2D eigenvalue weighted by molar-refractivity contribution is 4.81. The van der Waals surface area contributed by atoms with Crippen molar-refractivity contribution in [1.82, 2.24) is 4.90 Å². The molecule has 0 bridgehead atoms. The zero-order chi connectivity index (χ0) is 12.7. The predicted molar refractivity (Wildman–Crippen MR) is 71.2 cm³/mol. The lowest BCUT2D eigenvalue weighted by Gasteiger charge is -2.38. The largest absolute Gasteiger partial charge is 0.396 e. The van der Waals surface area contributed by atoms with E-state index in [9.17, 15) is 5.11 Å². The summed E-state index contributed by atoms with van der Waals surface area (Å²) in [7, 11) is 0. The summed E-state index contributed by atoms with van der Waals surface area (Å²) in [5, 5.41) is 9.47. The molecule has 0 aromatic carbocycles. The van der Waals surface area contributed by atoms with Gasteiger partial charge in [0.25, 0.3) is 0 Å². The van der Waals surface area contributed by atoms with Crippen LogP contribution in [0.3, 0.4) is 0 Å². The van der Waals surface area contributed by atoms with E-state index in [1.165, 1.54) is 12.8 Å². The maximum atomic E-state index is 9.47. The first-order valence-corrected chi connectivity index (χ1v) is 7.08. The highest BCUT2D eigenvalue weighted by atomic mass is 16.5. The third-order valence-electron chi connectivity index (χ3n) is 3.86. The van der Waals surface area contributed by atoms with E-state index < -0.39 is 0 Å². The molecule has 0 saturated carbocycles. The SMILES string of the molecule is CCCOC1CCCN(CC(C)(CC)CO)C1. The second-order valence-corrected chi connectivity index (χ2v) is 5.69. The van der Waals surface area contributed by atoms with Crippen LogP contribution in [0.5, 0.6) is 0 Å². The van der Waals surface area contributed by atoms with Gasteiger partial charge >= 0.3 is 0 Å². The van der Waals surface area contributed by atoms with Crippen molar-refractivity contribution in [1.29, 1.82) is 0 Å². The molecule has 0 aromatic heterocycles. The molecule has 102 valence electrons. The van der Waals surface area contributed by atoms with Gasteiger partial charge in [0.15, 0.2) is 0 Å². The van der Waals surface area contributed by atoms with Crippen molar-refractivity contribution in [2.75, 3.05) is 32.8 Å². The number of ether oxygens (including phenoxy) is 1. The van der Waals surface area contributed by atoms with Crippen LogP contribution in [0.1, 0.15) is 46.5 Å². The molecule has 2 unspecified atom stereocenters. The second kappa shape index (κ2) is 7.34. The van der Waals surface area contributed by atoms with Gasteiger partial charge in [-0.25, -0.2) is 0 Å². The highest BCUT2D eigenvalue weighted by Crippen LogP contribution is 2.24. The number of piperidine rings is 1. The number of nitrogens with zero attached hydrogens (tertiary/aromatic N) is 1. The molecule has 0 aromatic rings. The molecule has 0 radical (unpaired) electrons. The first-order chi connectivity index (χ1) is 8.13. The zero-order valence-corrected chi connectivity index (χ0v) is 11.7. The lowest BCUT2D eigenvalue weighted by Crippen LogP contribution is -2.45. The molecular formula is C14H29NO2. The third-order valence-corrected chi connectivity index (χ3v) is 3.86. The average Bonchev–Trinajstić information content (AvgIpc) is 2.36. The van der Waals surface area contributed by atoms with Crippen LogP contribution in [0.2, 0.25) is 0 Å². The van der Waals surface area contributed by atoms with Crippen molar-refractivity contribution in [2.45, 2.75) is 52.6 Å². The summed E-state index contributed by atoms with van der Waals surface area (Å²) < 4.78 is 5.84. The van der Waals surface area contributed by atoms with E-state index in [0.29, 0.717) is 6.10 Å². The number of aliphatic hydroxyl groups is 1. The number of hydrogen-bond donors (Lipinski definition) is 1. The molecule has 1 rings (SSSR count). The summed E-state index contributed by atoms with van der Waals surface area (Å²) in [6.07, 6.45) is 4.95. The van der Waals surface area contributed by atoms with Gasteiger partial charge in [-0.15, -0.1) is 0 Å². The minimum atomic E-state index is 0.0483. The summed E-state index contributed by atoms with van der Waals surface area (Å²) in [6, 6.07) is 0. The fourth-order valence-corrected chi connectivity index (χ4v) is 2.39. The van der Waals surface area contributed by atoms with Crippen LogP contribution in [0.4, 0.5) is 0 Å². The maximum Gasteiger partial charge on any atom is 0.0702 e. The van der Waals surface area contributed by atoms with Crippen molar-refractivity contribution in [2.24, 2.45) is 5.41 Å². The fourth-order valence-electron chi connectivity index (χ4n) is 2.39. The van der Waals surface area contributed by atoms with Crippen molar-refractivity contribution < 1.29 is 9.84 Å². The van der Waals surface area contributed by atoms with Gasteiger partial charge in [-0.2, -0.15) is 0 Å². The Hall–Kier alpha value is -0.120. The first-order valence-electron chi connectivity index (χ1n) is 7.08. The molecule has 3 heteroatoms. The van der Waals surface area contributed by atoms with Gasteiger partial charge in [0.2, 0.25) is 0 Å². The Kier molecular flexibility index (Phi) is 6.45. The van der Waals surface area contributed by atoms with Crippen molar-refractivity contribution in [3.8, 4) is 0 Å². The molecule has 1 heterocycles. The number of aliphatic hydroxyl groups excluding tert-OH is 1. The minimum absolute atomic E-state index is 0.0483. The van der Waals surface area contributed by atoms with E-state index in [1.54, 1.807) is 0 Å². The Labute approximate surface area is 106 Å². The van der Waals surface area contributed by atoms with Gasteiger partial charge in [-0.1, -0.05) is 20.8 Å². The van der Waals surface area contributed by atoms with E-state index in [-0.39, 0.29) is 12.0 Å². The summed E-state index contributed by atoms with van der Waals surface area (Å²) >= 11 is 0. The average molecular weight is 243 g/mol. The smallest absolute Gasteiger partial charge is 0.0702 e. The Balaban J connectivity index is 2.38. The molecule has 3 nitrogen and oxygen atoms in total. The number of rotatable bonds is 7. The van der Waals surface area contributed by atoms with Gasteiger partial charge in [-0.3, -0.25) is 0 Å². The van der Waals surface area contributed by atoms with Gasteiger partial charge in [0.05, 0.1) is 6.10 Å². The van der Waals surface area contributed by atoms with Crippen LogP contribution in [-0.4, -0.2) is 49.0 Å². The first kappa shape index (κ1) is 14.9. The molecule has 1 aliphatic heterocycles.